The topological polar surface area (TPSA) is 45.4 Å². The molecule has 0 amide bonds. The van der Waals surface area contributed by atoms with Crippen LogP contribution in [0.25, 0.3) is 0 Å². The summed E-state index contributed by atoms with van der Waals surface area (Å²) in [4.78, 5) is 4.90. The molecular weight excluding hydrogens is 183 g/mol. The van der Waals surface area contributed by atoms with E-state index in [4.69, 9.17) is 10.1 Å². The summed E-state index contributed by atoms with van der Waals surface area (Å²) < 4.78 is 13.0. The predicted molar refractivity (Wildman–Crippen MR) is 50.5 cm³/mol. The Morgan fingerprint density at radius 2 is 2.21 bits per heavy atom. The molecule has 0 aliphatic carbocycles. The molecule has 0 bridgehead atoms. The van der Waals surface area contributed by atoms with E-state index in [0.29, 0.717) is 5.71 Å². The zero-order chi connectivity index (χ0) is 10.6. The third-order valence-corrected chi connectivity index (χ3v) is 1.41. The van der Waals surface area contributed by atoms with E-state index < -0.39 is 5.82 Å². The fourth-order valence-electron chi connectivity index (χ4n) is 0.829. The average molecular weight is 192 g/mol. The second kappa shape index (κ2) is 4.38. The Hall–Kier alpha value is -1.89. The molecule has 0 aliphatic heterocycles. The van der Waals surface area contributed by atoms with Gasteiger partial charge in [-0.3, -0.25) is 0 Å². The monoisotopic (exact) mass is 192 g/mol. The fourth-order valence-corrected chi connectivity index (χ4v) is 0.829. The van der Waals surface area contributed by atoms with Gasteiger partial charge in [-0.15, -0.1) is 0 Å². The first-order valence-electron chi connectivity index (χ1n) is 4.02. The van der Waals surface area contributed by atoms with Crippen LogP contribution in [0.15, 0.2) is 23.4 Å². The highest BCUT2D eigenvalue weighted by Crippen LogP contribution is 2.20. The van der Waals surface area contributed by atoms with Crippen LogP contribution in [-0.2, 0) is 0 Å². The number of rotatable bonds is 2. The molecule has 0 N–H and O–H groups in total. The lowest BCUT2D eigenvalue weighted by atomic mass is 10.2. The van der Waals surface area contributed by atoms with Crippen LogP contribution in [0.4, 0.5) is 4.39 Å². The maximum Gasteiger partial charge on any atom is 0.178 e. The molecule has 0 radical (unpaired) electrons. The van der Waals surface area contributed by atoms with Crippen LogP contribution < -0.4 is 4.84 Å². The Labute approximate surface area is 81.4 Å². The smallest absolute Gasteiger partial charge is 0.178 e. The number of hydrogen-bond acceptors (Lipinski definition) is 3. The highest BCUT2D eigenvalue weighted by molar-refractivity contribution is 5.78. The van der Waals surface area contributed by atoms with Crippen molar-refractivity contribution in [3.05, 3.63) is 29.6 Å². The number of oxime groups is 1. The molecule has 0 aliphatic rings. The van der Waals surface area contributed by atoms with Gasteiger partial charge in [-0.25, -0.2) is 4.39 Å². The minimum absolute atomic E-state index is 0.127. The number of nitrogens with zero attached hydrogens (tertiary/aromatic N) is 2. The highest BCUT2D eigenvalue weighted by atomic mass is 19.1. The Kier molecular flexibility index (Phi) is 3.19. The molecule has 72 valence electrons. The molecule has 0 unspecified atom stereocenters. The van der Waals surface area contributed by atoms with E-state index in [0.717, 1.165) is 0 Å². The molecule has 0 saturated heterocycles. The van der Waals surface area contributed by atoms with Gasteiger partial charge in [0.05, 0.1) is 5.71 Å². The van der Waals surface area contributed by atoms with Crippen molar-refractivity contribution in [2.75, 3.05) is 0 Å². The van der Waals surface area contributed by atoms with E-state index in [1.807, 2.05) is 0 Å². The minimum atomic E-state index is -0.603. The molecule has 0 spiro atoms. The summed E-state index contributed by atoms with van der Waals surface area (Å²) in [6.07, 6.45) is 0. The van der Waals surface area contributed by atoms with E-state index >= 15 is 0 Å². The van der Waals surface area contributed by atoms with Crippen LogP contribution in [0, 0.1) is 17.1 Å². The molecule has 14 heavy (non-hydrogen) atoms. The lowest BCUT2D eigenvalue weighted by Crippen LogP contribution is -1.93. The molecule has 0 saturated carbocycles. The van der Waals surface area contributed by atoms with Gasteiger partial charge >= 0.3 is 0 Å². The predicted octanol–water partition coefficient (Wildman–Crippen LogP) is 2.47. The third kappa shape index (κ3) is 2.30. The molecule has 0 heterocycles. The number of benzene rings is 1. The van der Waals surface area contributed by atoms with E-state index in [-0.39, 0.29) is 11.3 Å². The Morgan fingerprint density at radius 3 is 2.79 bits per heavy atom. The van der Waals surface area contributed by atoms with Gasteiger partial charge in [0.25, 0.3) is 0 Å². The second-order valence-corrected chi connectivity index (χ2v) is 2.85. The molecule has 0 fully saturated rings. The van der Waals surface area contributed by atoms with Crippen LogP contribution in [0.1, 0.15) is 19.4 Å². The van der Waals surface area contributed by atoms with Crippen molar-refractivity contribution in [2.45, 2.75) is 13.8 Å². The van der Waals surface area contributed by atoms with Crippen LogP contribution >= 0.6 is 0 Å². The lowest BCUT2D eigenvalue weighted by Gasteiger charge is -2.01. The van der Waals surface area contributed by atoms with Crippen LogP contribution in [0.2, 0.25) is 0 Å². The summed E-state index contributed by atoms with van der Waals surface area (Å²) in [6.45, 7) is 3.48. The number of hydrogen-bond donors (Lipinski definition) is 0. The maximum atomic E-state index is 13.0. The molecule has 0 aromatic heterocycles. The highest BCUT2D eigenvalue weighted by Gasteiger charge is 2.08. The zero-order valence-corrected chi connectivity index (χ0v) is 7.91. The van der Waals surface area contributed by atoms with Gasteiger partial charge in [-0.2, -0.15) is 5.26 Å². The molecule has 0 atom stereocenters. The van der Waals surface area contributed by atoms with Gasteiger partial charge in [-0.1, -0.05) is 11.2 Å². The number of nitriles is 1. The number of halogens is 1. The zero-order valence-electron chi connectivity index (χ0n) is 7.91. The first-order chi connectivity index (χ1) is 6.65. The van der Waals surface area contributed by atoms with Crippen LogP contribution in [-0.4, -0.2) is 5.71 Å². The molecule has 1 rings (SSSR count). The summed E-state index contributed by atoms with van der Waals surface area (Å²) in [5, 5.41) is 12.3. The van der Waals surface area contributed by atoms with E-state index in [9.17, 15) is 4.39 Å². The SMILES string of the molecule is CC(C)=NOc1cccc(F)c1C#N. The van der Waals surface area contributed by atoms with Crippen LogP contribution in [0.3, 0.4) is 0 Å². The van der Waals surface area contributed by atoms with Gasteiger partial charge in [0.1, 0.15) is 17.4 Å². The summed E-state index contributed by atoms with van der Waals surface area (Å²) in [5.41, 5.74) is 0.565. The van der Waals surface area contributed by atoms with Crippen molar-refractivity contribution < 1.29 is 9.23 Å². The quantitative estimate of drug-likeness (QED) is 0.533. The molecule has 1 aromatic carbocycles. The average Bonchev–Trinajstić information content (AvgIpc) is 2.14. The minimum Gasteiger partial charge on any atom is -0.356 e. The lowest BCUT2D eigenvalue weighted by molar-refractivity contribution is 0.337. The van der Waals surface area contributed by atoms with Gasteiger partial charge < -0.3 is 4.84 Å². The van der Waals surface area contributed by atoms with Crippen molar-refractivity contribution in [3.8, 4) is 11.8 Å². The van der Waals surface area contributed by atoms with Crippen molar-refractivity contribution in [3.63, 3.8) is 0 Å². The molecule has 4 heteroatoms. The van der Waals surface area contributed by atoms with Crippen molar-refractivity contribution in [2.24, 2.45) is 5.16 Å². The van der Waals surface area contributed by atoms with Gasteiger partial charge in [0, 0.05) is 0 Å². The second-order valence-electron chi connectivity index (χ2n) is 2.85. The Bertz CT molecular complexity index is 403. The molecule has 1 aromatic rings. The summed E-state index contributed by atoms with van der Waals surface area (Å²) in [7, 11) is 0. The molecular formula is C10H9FN2O. The maximum absolute atomic E-state index is 13.0. The Balaban J connectivity index is 3.04. The van der Waals surface area contributed by atoms with Gasteiger partial charge in [0.15, 0.2) is 5.75 Å². The van der Waals surface area contributed by atoms with Crippen LogP contribution in [0.5, 0.6) is 5.75 Å². The van der Waals surface area contributed by atoms with Crippen molar-refractivity contribution >= 4 is 5.71 Å². The standard InChI is InChI=1S/C10H9FN2O/c1-7(2)13-14-10-5-3-4-9(11)8(10)6-12/h3-5H,1-2H3. The van der Waals surface area contributed by atoms with Crippen molar-refractivity contribution in [1.29, 1.82) is 5.26 Å². The first-order valence-corrected chi connectivity index (χ1v) is 4.02. The summed E-state index contributed by atoms with van der Waals surface area (Å²) >= 11 is 0. The van der Waals surface area contributed by atoms with E-state index in [2.05, 4.69) is 5.16 Å². The van der Waals surface area contributed by atoms with Gasteiger partial charge in [0.2, 0.25) is 0 Å². The van der Waals surface area contributed by atoms with Crippen molar-refractivity contribution in [1.82, 2.24) is 0 Å². The fraction of sp³-hybridized carbons (Fsp3) is 0.200. The summed E-state index contributed by atoms with van der Waals surface area (Å²) in [5.74, 6) is -0.470. The first kappa shape index (κ1) is 10.2. The Morgan fingerprint density at radius 1 is 1.50 bits per heavy atom. The summed E-state index contributed by atoms with van der Waals surface area (Å²) in [6, 6.07) is 5.88. The largest absolute Gasteiger partial charge is 0.356 e. The normalized spacial score (nSPS) is 9.00. The van der Waals surface area contributed by atoms with E-state index in [1.165, 1.54) is 18.2 Å². The molecule has 3 nitrogen and oxygen atoms in total. The van der Waals surface area contributed by atoms with E-state index in [1.54, 1.807) is 19.9 Å². The van der Waals surface area contributed by atoms with Gasteiger partial charge in [-0.05, 0) is 26.0 Å². The third-order valence-electron chi connectivity index (χ3n) is 1.41.